The molecule has 0 aromatic rings. The van der Waals surface area contributed by atoms with E-state index in [1.165, 1.54) is 33.7 Å². The largest absolute Gasteiger partial charge is 0.471 e. The smallest absolute Gasteiger partial charge is 0.337 e. The third kappa shape index (κ3) is 6.82. The van der Waals surface area contributed by atoms with Crippen molar-refractivity contribution in [2.24, 2.45) is 35.5 Å². The molecule has 3 fully saturated rings. The molecule has 15 heteroatoms. The Kier molecular flexibility index (Phi) is 11.8. The minimum atomic E-state index is -1.68. The first kappa shape index (κ1) is 34.7. The van der Waals surface area contributed by atoms with Crippen LogP contribution in [0.1, 0.15) is 19.8 Å². The zero-order valence-electron chi connectivity index (χ0n) is 25.2. The number of methoxy groups -OCH3 is 3. The van der Waals surface area contributed by atoms with Crippen LogP contribution in [0.3, 0.4) is 0 Å². The highest BCUT2D eigenvalue weighted by atomic mass is 16.8. The molecular weight excluding hydrogens is 588 g/mol. The predicted molar refractivity (Wildman–Crippen MR) is 146 cm³/mol. The number of carbonyl (C=O) groups is 2. The summed E-state index contributed by atoms with van der Waals surface area (Å²) >= 11 is 0. The van der Waals surface area contributed by atoms with Crippen LogP contribution in [-0.2, 0) is 47.5 Å². The Morgan fingerprint density at radius 2 is 1.77 bits per heavy atom. The summed E-state index contributed by atoms with van der Waals surface area (Å²) in [5.41, 5.74) is 0.130. The van der Waals surface area contributed by atoms with Crippen LogP contribution < -0.4 is 0 Å². The van der Waals surface area contributed by atoms with Crippen LogP contribution in [0, 0.1) is 35.5 Å². The first-order valence-corrected chi connectivity index (χ1v) is 14.6. The van der Waals surface area contributed by atoms with E-state index in [1.807, 2.05) is 6.92 Å². The average molecular weight is 633 g/mol. The van der Waals surface area contributed by atoms with Gasteiger partial charge in [-0.05, 0) is 24.2 Å². The fourth-order valence-corrected chi connectivity index (χ4v) is 6.73. The second kappa shape index (κ2) is 14.9. The summed E-state index contributed by atoms with van der Waals surface area (Å²) < 4.78 is 44.3. The molecule has 250 valence electrons. The van der Waals surface area contributed by atoms with E-state index in [0.29, 0.717) is 6.42 Å². The zero-order chi connectivity index (χ0) is 32.3. The van der Waals surface area contributed by atoms with Crippen molar-refractivity contribution < 1.29 is 73.0 Å². The summed E-state index contributed by atoms with van der Waals surface area (Å²) in [4.78, 5) is 26.2. The van der Waals surface area contributed by atoms with E-state index in [-0.39, 0.29) is 36.4 Å². The van der Waals surface area contributed by atoms with Crippen molar-refractivity contribution in [1.82, 2.24) is 0 Å². The fourth-order valence-electron chi connectivity index (χ4n) is 6.73. The standard InChI is InChI=1S/C29H44O15/c1-6-13-14(8-20(37-3)38-4)17(11-41-28(13)44-29-24(33)23(32)22(31)19(9-30)43-29)25(34)42-18-7-15-16(12(18)2)10-40-27(36)21(15)26(35)39-5/h6,11-16,18-24,27-33,36H,1,7-10H2,2-5H3/t12-,13-,14+,15+,16-,18+,19-,21+,22-,23+,24-,27?,28+,29+/m1/s1. The Bertz CT molecular complexity index is 1030. The third-order valence-corrected chi connectivity index (χ3v) is 9.38. The lowest BCUT2D eigenvalue weighted by Crippen LogP contribution is -2.60. The van der Waals surface area contributed by atoms with Gasteiger partial charge in [-0.25, -0.2) is 4.79 Å². The molecular formula is C29H44O15. The van der Waals surface area contributed by atoms with Crippen LogP contribution in [0.5, 0.6) is 0 Å². The summed E-state index contributed by atoms with van der Waals surface area (Å²) in [7, 11) is 4.12. The molecule has 0 bridgehead atoms. The number of fused-ring (bicyclic) bond motifs is 1. The first-order valence-electron chi connectivity index (χ1n) is 14.6. The van der Waals surface area contributed by atoms with Gasteiger partial charge >= 0.3 is 11.9 Å². The Morgan fingerprint density at radius 3 is 2.39 bits per heavy atom. The number of carbonyl (C=O) groups excluding carboxylic acids is 2. The lowest BCUT2D eigenvalue weighted by atomic mass is 9.79. The molecule has 15 nitrogen and oxygen atoms in total. The molecule has 3 aliphatic heterocycles. The molecule has 0 aromatic carbocycles. The van der Waals surface area contributed by atoms with Gasteiger partial charge in [0.1, 0.15) is 36.4 Å². The summed E-state index contributed by atoms with van der Waals surface area (Å²) in [6.07, 6.45) is -8.35. The zero-order valence-corrected chi connectivity index (χ0v) is 25.2. The predicted octanol–water partition coefficient (Wildman–Crippen LogP) is -1.21. The molecule has 0 spiro atoms. The molecule has 3 heterocycles. The van der Waals surface area contributed by atoms with Gasteiger partial charge in [-0.1, -0.05) is 13.0 Å². The van der Waals surface area contributed by atoms with Crippen LogP contribution in [-0.4, -0.2) is 128 Å². The van der Waals surface area contributed by atoms with Gasteiger partial charge in [-0.2, -0.15) is 0 Å². The topological polar surface area (TPSA) is 209 Å². The van der Waals surface area contributed by atoms with Gasteiger partial charge in [0, 0.05) is 32.5 Å². The highest BCUT2D eigenvalue weighted by Gasteiger charge is 2.54. The Balaban J connectivity index is 1.55. The summed E-state index contributed by atoms with van der Waals surface area (Å²) in [6, 6.07) is 0. The van der Waals surface area contributed by atoms with E-state index in [2.05, 4.69) is 6.58 Å². The van der Waals surface area contributed by atoms with Crippen LogP contribution in [0.25, 0.3) is 0 Å². The number of aliphatic hydroxyl groups is 5. The van der Waals surface area contributed by atoms with Crippen molar-refractivity contribution in [2.45, 2.75) is 75.4 Å². The molecule has 0 aromatic heterocycles. The van der Waals surface area contributed by atoms with Gasteiger partial charge in [0.05, 0.1) is 32.2 Å². The molecule has 0 amide bonds. The van der Waals surface area contributed by atoms with Crippen molar-refractivity contribution in [3.8, 4) is 0 Å². The van der Waals surface area contributed by atoms with Crippen molar-refractivity contribution >= 4 is 11.9 Å². The molecule has 44 heavy (non-hydrogen) atoms. The van der Waals surface area contributed by atoms with E-state index in [0.717, 1.165) is 0 Å². The van der Waals surface area contributed by atoms with E-state index in [9.17, 15) is 35.1 Å². The van der Waals surface area contributed by atoms with Crippen LogP contribution in [0.2, 0.25) is 0 Å². The number of aliphatic hydroxyl groups excluding tert-OH is 5. The van der Waals surface area contributed by atoms with Gasteiger partial charge in [0.25, 0.3) is 0 Å². The molecule has 14 atom stereocenters. The van der Waals surface area contributed by atoms with Gasteiger partial charge in [-0.3, -0.25) is 4.79 Å². The molecule has 4 rings (SSSR count). The van der Waals surface area contributed by atoms with Crippen molar-refractivity contribution in [2.75, 3.05) is 34.5 Å². The third-order valence-electron chi connectivity index (χ3n) is 9.38. The van der Waals surface area contributed by atoms with E-state index in [1.54, 1.807) is 0 Å². The van der Waals surface area contributed by atoms with E-state index >= 15 is 0 Å². The van der Waals surface area contributed by atoms with Crippen molar-refractivity contribution in [3.63, 3.8) is 0 Å². The highest BCUT2D eigenvalue weighted by Crippen LogP contribution is 2.48. The fraction of sp³-hybridized carbons (Fsp3) is 0.793. The molecule has 2 saturated heterocycles. The number of hydrogen-bond acceptors (Lipinski definition) is 15. The quantitative estimate of drug-likeness (QED) is 0.103. The molecule has 1 unspecified atom stereocenters. The first-order chi connectivity index (χ1) is 21.0. The van der Waals surface area contributed by atoms with Crippen molar-refractivity contribution in [3.05, 3.63) is 24.5 Å². The van der Waals surface area contributed by atoms with E-state index in [4.69, 9.17) is 37.9 Å². The summed E-state index contributed by atoms with van der Waals surface area (Å²) in [5, 5.41) is 50.7. The number of esters is 2. The maximum Gasteiger partial charge on any atom is 0.337 e. The number of hydrogen-bond donors (Lipinski definition) is 5. The minimum absolute atomic E-state index is 0.130. The van der Waals surface area contributed by atoms with Crippen LogP contribution >= 0.6 is 0 Å². The SMILES string of the molecule is C=C[C@H]1[C@H](O[C@@H]2O[C@H](CO)[C@@H](O)[C@H](O)[C@H]2O)OC=C(C(=O)O[C@H]2C[C@H]3[C@H](COC(O)[C@@H]3C(=O)OC)[C@H]2C)[C@H]1CC(OC)OC. The van der Waals surface area contributed by atoms with Crippen molar-refractivity contribution in [1.29, 1.82) is 0 Å². The molecule has 0 radical (unpaired) electrons. The second-order valence-corrected chi connectivity index (χ2v) is 11.6. The average Bonchev–Trinajstić information content (AvgIpc) is 3.33. The van der Waals surface area contributed by atoms with Crippen LogP contribution in [0.4, 0.5) is 0 Å². The maximum atomic E-state index is 13.7. The molecule has 1 saturated carbocycles. The number of rotatable bonds is 11. The Morgan fingerprint density at radius 1 is 1.07 bits per heavy atom. The summed E-state index contributed by atoms with van der Waals surface area (Å²) in [5.74, 6) is -4.32. The summed E-state index contributed by atoms with van der Waals surface area (Å²) in [6.45, 7) is 5.32. The van der Waals surface area contributed by atoms with Gasteiger partial charge in [-0.15, -0.1) is 6.58 Å². The van der Waals surface area contributed by atoms with E-state index < -0.39 is 92.0 Å². The minimum Gasteiger partial charge on any atom is -0.471 e. The second-order valence-electron chi connectivity index (χ2n) is 11.6. The molecule has 4 aliphatic rings. The normalized spacial score (nSPS) is 42.2. The van der Waals surface area contributed by atoms with Gasteiger partial charge < -0.3 is 63.4 Å². The Hall–Kier alpha value is -2.18. The highest BCUT2D eigenvalue weighted by molar-refractivity contribution is 5.89. The molecule has 5 N–H and O–H groups in total. The number of ether oxygens (including phenoxy) is 8. The Labute approximate surface area is 255 Å². The van der Waals surface area contributed by atoms with Crippen LogP contribution in [0.15, 0.2) is 24.5 Å². The van der Waals surface area contributed by atoms with Gasteiger partial charge in [0.15, 0.2) is 18.9 Å². The lowest BCUT2D eigenvalue weighted by Gasteiger charge is -2.43. The monoisotopic (exact) mass is 632 g/mol. The lowest BCUT2D eigenvalue weighted by molar-refractivity contribution is -0.339. The van der Waals surface area contributed by atoms with Gasteiger partial charge in [0.2, 0.25) is 6.29 Å². The molecule has 1 aliphatic carbocycles. The maximum absolute atomic E-state index is 13.7.